The molecule has 0 unspecified atom stereocenters. The molecule has 3 aromatic rings. The van der Waals surface area contributed by atoms with Crippen LogP contribution in [0, 0.1) is 12.7 Å². The summed E-state index contributed by atoms with van der Waals surface area (Å²) in [6.45, 7) is 8.31. The van der Waals surface area contributed by atoms with Crippen LogP contribution in [0.1, 0.15) is 19.0 Å². The summed E-state index contributed by atoms with van der Waals surface area (Å²) in [5.41, 5.74) is 9.75. The van der Waals surface area contributed by atoms with Crippen molar-refractivity contribution in [2.45, 2.75) is 20.3 Å². The number of nitrogens with one attached hydrogen (secondary N) is 2. The molecule has 0 bridgehead atoms. The fraction of sp³-hybridized carbons (Fsp3) is 0.357. The van der Waals surface area contributed by atoms with Gasteiger partial charge in [0.25, 0.3) is 5.91 Å². The molecule has 200 valence electrons. The lowest BCUT2D eigenvalue weighted by atomic mass is 10.1. The largest absolute Gasteiger partial charge is 0.438 e. The molecule has 2 aliphatic heterocycles. The Kier molecular flexibility index (Phi) is 7.50. The van der Waals surface area contributed by atoms with Gasteiger partial charge in [0.05, 0.1) is 13.2 Å². The van der Waals surface area contributed by atoms with Crippen molar-refractivity contribution < 1.29 is 18.7 Å². The number of anilines is 2. The number of rotatable bonds is 7. The molecule has 1 amide bonds. The number of hydrogen-bond donors (Lipinski definition) is 3. The highest BCUT2D eigenvalue weighted by molar-refractivity contribution is 6.25. The predicted molar refractivity (Wildman–Crippen MR) is 147 cm³/mol. The summed E-state index contributed by atoms with van der Waals surface area (Å²) in [5.74, 6) is -0.855. The van der Waals surface area contributed by atoms with Gasteiger partial charge in [-0.2, -0.15) is 0 Å². The molecule has 2 saturated heterocycles. The van der Waals surface area contributed by atoms with Gasteiger partial charge < -0.3 is 35.3 Å². The third-order valence-corrected chi connectivity index (χ3v) is 6.70. The summed E-state index contributed by atoms with van der Waals surface area (Å²) in [5, 5.41) is 3.68. The molecule has 0 aliphatic carbocycles. The van der Waals surface area contributed by atoms with Crippen molar-refractivity contribution in [2.75, 3.05) is 56.2 Å². The van der Waals surface area contributed by atoms with Gasteiger partial charge in [0.15, 0.2) is 11.6 Å². The molecular formula is C28H33FN6O3. The number of hydrogen-bond acceptors (Lipinski definition) is 6. The first-order valence-electron chi connectivity index (χ1n) is 12.9. The van der Waals surface area contributed by atoms with Gasteiger partial charge in [0, 0.05) is 60.7 Å². The summed E-state index contributed by atoms with van der Waals surface area (Å²) in [6.07, 6.45) is 0.910. The number of morpholine rings is 1. The van der Waals surface area contributed by atoms with E-state index in [9.17, 15) is 4.79 Å². The zero-order valence-corrected chi connectivity index (χ0v) is 21.7. The molecule has 5 rings (SSSR count). The first-order chi connectivity index (χ1) is 18.4. The summed E-state index contributed by atoms with van der Waals surface area (Å²) in [4.78, 5) is 25.1. The van der Waals surface area contributed by atoms with Gasteiger partial charge in [-0.25, -0.2) is 4.39 Å². The van der Waals surface area contributed by atoms with Crippen molar-refractivity contribution in [1.82, 2.24) is 9.88 Å². The summed E-state index contributed by atoms with van der Waals surface area (Å²) < 4.78 is 26.6. The molecule has 0 atom stereocenters. The topological polar surface area (TPSA) is 108 Å². The highest BCUT2D eigenvalue weighted by atomic mass is 19.1. The van der Waals surface area contributed by atoms with E-state index in [2.05, 4.69) is 20.2 Å². The second kappa shape index (κ2) is 11.1. The standard InChI is InChI=1S/C28H33FN6O3/c1-3-31-27(33-19-6-4-7-20(17-19)34-12-14-37-15-13-34)24(28(36)35-10-5-11-35)26(30)38-23-9-8-22-21(25(23)29)16-18(2)32-22/h4,6-9,16-17,32H,3,5,10-15,30H2,1-2H3,(H,31,33)/b26-24-. The van der Waals surface area contributed by atoms with Crippen LogP contribution < -0.4 is 20.7 Å². The molecule has 3 heterocycles. The molecular weight excluding hydrogens is 487 g/mol. The zero-order valence-electron chi connectivity index (χ0n) is 21.7. The Hall–Kier alpha value is -4.05. The average Bonchev–Trinajstić information content (AvgIpc) is 3.27. The van der Waals surface area contributed by atoms with Crippen molar-refractivity contribution in [3.8, 4) is 5.75 Å². The summed E-state index contributed by atoms with van der Waals surface area (Å²) in [7, 11) is 0. The Bertz CT molecular complexity index is 1390. The molecule has 2 fully saturated rings. The number of nitrogens with two attached hydrogens (primary N) is 1. The number of aromatic nitrogens is 1. The molecule has 9 nitrogen and oxygen atoms in total. The monoisotopic (exact) mass is 520 g/mol. The van der Waals surface area contributed by atoms with Crippen molar-refractivity contribution in [3.05, 3.63) is 65.4 Å². The van der Waals surface area contributed by atoms with Crippen molar-refractivity contribution in [3.63, 3.8) is 0 Å². The first-order valence-corrected chi connectivity index (χ1v) is 12.9. The Morgan fingerprint density at radius 3 is 2.68 bits per heavy atom. The number of nitrogens with zero attached hydrogens (tertiary/aromatic N) is 3. The number of carbonyl (C=O) groups is 1. The zero-order chi connectivity index (χ0) is 26.6. The first kappa shape index (κ1) is 25.6. The number of amidine groups is 1. The lowest BCUT2D eigenvalue weighted by molar-refractivity contribution is -0.130. The predicted octanol–water partition coefficient (Wildman–Crippen LogP) is 3.76. The maximum absolute atomic E-state index is 15.3. The number of aromatic amines is 1. The summed E-state index contributed by atoms with van der Waals surface area (Å²) >= 11 is 0. The molecule has 2 aromatic carbocycles. The van der Waals surface area contributed by atoms with Crippen LogP contribution in [0.3, 0.4) is 0 Å². The minimum atomic E-state index is -0.550. The third kappa shape index (κ3) is 5.31. The quantitative estimate of drug-likeness (QED) is 0.190. The molecule has 38 heavy (non-hydrogen) atoms. The van der Waals surface area contributed by atoms with Crippen LogP contribution in [0.25, 0.3) is 10.9 Å². The van der Waals surface area contributed by atoms with Crippen LogP contribution in [0.5, 0.6) is 5.75 Å². The minimum absolute atomic E-state index is 0.0620. The fourth-order valence-corrected chi connectivity index (χ4v) is 4.62. The Labute approximate surface area is 221 Å². The second-order valence-electron chi connectivity index (χ2n) is 9.38. The minimum Gasteiger partial charge on any atom is -0.438 e. The van der Waals surface area contributed by atoms with E-state index in [0.717, 1.165) is 36.6 Å². The average molecular weight is 521 g/mol. The van der Waals surface area contributed by atoms with Crippen LogP contribution in [0.15, 0.2) is 58.9 Å². The highest BCUT2D eigenvalue weighted by Gasteiger charge is 2.30. The smallest absolute Gasteiger partial charge is 0.263 e. The lowest BCUT2D eigenvalue weighted by Gasteiger charge is -2.32. The van der Waals surface area contributed by atoms with E-state index in [-0.39, 0.29) is 28.9 Å². The van der Waals surface area contributed by atoms with E-state index >= 15 is 4.39 Å². The molecule has 0 radical (unpaired) electrons. The Morgan fingerprint density at radius 1 is 1.18 bits per heavy atom. The Balaban J connectivity index is 1.49. The number of halogens is 1. The number of carbonyl (C=O) groups excluding carboxylic acids is 1. The van der Waals surface area contributed by atoms with Gasteiger partial charge >= 0.3 is 0 Å². The van der Waals surface area contributed by atoms with Crippen LogP contribution in [0.4, 0.5) is 15.8 Å². The van der Waals surface area contributed by atoms with Gasteiger partial charge in [-0.15, -0.1) is 0 Å². The number of H-pyrrole nitrogens is 1. The maximum atomic E-state index is 15.3. The van der Waals surface area contributed by atoms with Crippen LogP contribution in [-0.4, -0.2) is 67.6 Å². The van der Waals surface area contributed by atoms with Crippen LogP contribution >= 0.6 is 0 Å². The van der Waals surface area contributed by atoms with Gasteiger partial charge in [-0.05, 0) is 56.7 Å². The van der Waals surface area contributed by atoms with E-state index in [1.54, 1.807) is 17.0 Å². The number of ether oxygens (including phenoxy) is 2. The number of aryl methyl sites for hydroxylation is 1. The maximum Gasteiger partial charge on any atom is 0.263 e. The molecule has 2 aliphatic rings. The van der Waals surface area contributed by atoms with Gasteiger partial charge in [-0.1, -0.05) is 6.07 Å². The van der Waals surface area contributed by atoms with Gasteiger partial charge in [0.1, 0.15) is 11.4 Å². The number of amides is 1. The number of aliphatic imine (C=N–C) groups is 1. The fourth-order valence-electron chi connectivity index (χ4n) is 4.62. The SMILES string of the molecule is CCN=C(Nc1cccc(N2CCOCC2)c1)/C(C(=O)N1CCC1)=C(\N)Oc1ccc2[nH]c(C)cc2c1F. The van der Waals surface area contributed by atoms with E-state index in [1.165, 1.54) is 6.07 Å². The number of benzene rings is 2. The molecule has 0 saturated carbocycles. The van der Waals surface area contributed by atoms with Crippen molar-refractivity contribution >= 4 is 34.0 Å². The Morgan fingerprint density at radius 2 is 1.97 bits per heavy atom. The number of fused-ring (bicyclic) bond motifs is 1. The van der Waals surface area contributed by atoms with E-state index in [0.29, 0.717) is 43.8 Å². The molecule has 10 heteroatoms. The van der Waals surface area contributed by atoms with Crippen LogP contribution in [0.2, 0.25) is 0 Å². The lowest BCUT2D eigenvalue weighted by Crippen LogP contribution is -2.45. The third-order valence-electron chi connectivity index (χ3n) is 6.70. The summed E-state index contributed by atoms with van der Waals surface area (Å²) in [6, 6.07) is 12.8. The molecule has 4 N–H and O–H groups in total. The normalized spacial score (nSPS) is 16.8. The van der Waals surface area contributed by atoms with E-state index in [1.807, 2.05) is 38.1 Å². The second-order valence-corrected chi connectivity index (χ2v) is 9.38. The van der Waals surface area contributed by atoms with E-state index < -0.39 is 5.82 Å². The molecule has 0 spiro atoms. The van der Waals surface area contributed by atoms with Crippen LogP contribution in [-0.2, 0) is 9.53 Å². The van der Waals surface area contributed by atoms with E-state index in [4.69, 9.17) is 15.2 Å². The molecule has 1 aromatic heterocycles. The van der Waals surface area contributed by atoms with Gasteiger partial charge in [0.2, 0.25) is 5.88 Å². The van der Waals surface area contributed by atoms with Gasteiger partial charge in [-0.3, -0.25) is 9.79 Å². The van der Waals surface area contributed by atoms with Crippen molar-refractivity contribution in [2.24, 2.45) is 10.7 Å². The van der Waals surface area contributed by atoms with Crippen molar-refractivity contribution in [1.29, 1.82) is 0 Å². The highest BCUT2D eigenvalue weighted by Crippen LogP contribution is 2.29. The number of likely N-dealkylation sites (tertiary alicyclic amines) is 1.